The number of rotatable bonds is 3. The lowest BCUT2D eigenvalue weighted by molar-refractivity contribution is -0.127. The van der Waals surface area contributed by atoms with Crippen LogP contribution >= 0.6 is 12.2 Å². The van der Waals surface area contributed by atoms with Gasteiger partial charge in [-0.05, 0) is 36.5 Å². The first-order valence-corrected chi connectivity index (χ1v) is 6.11. The number of aromatic carboxylic acids is 1. The Kier molecular flexibility index (Phi) is 3.75. The van der Waals surface area contributed by atoms with Crippen molar-refractivity contribution in [1.29, 1.82) is 0 Å². The molecule has 1 N–H and O–H groups in total. The minimum Gasteiger partial charge on any atom is -0.478 e. The molecule has 8 heteroatoms. The molecule has 0 aliphatic carbocycles. The van der Waals surface area contributed by atoms with Gasteiger partial charge in [-0.3, -0.25) is 9.69 Å². The van der Waals surface area contributed by atoms with Crippen LogP contribution in [0.2, 0.25) is 0 Å². The van der Waals surface area contributed by atoms with Gasteiger partial charge in [0.05, 0.1) is 11.3 Å². The highest BCUT2D eigenvalue weighted by molar-refractivity contribution is 7.80. The quantitative estimate of drug-likeness (QED) is 0.673. The molecule has 0 saturated carbocycles. The summed E-state index contributed by atoms with van der Waals surface area (Å²) in [6.07, 6.45) is -0.772. The van der Waals surface area contributed by atoms with E-state index in [1.54, 1.807) is 19.0 Å². The van der Waals surface area contributed by atoms with E-state index in [1.165, 1.54) is 29.2 Å². The molecule has 0 bridgehead atoms. The maximum atomic E-state index is 11.9. The van der Waals surface area contributed by atoms with Crippen molar-refractivity contribution in [2.24, 2.45) is 10.2 Å². The number of hydrogen-bond acceptors (Lipinski definition) is 5. The molecule has 1 aromatic carbocycles. The molecule has 1 atom stereocenters. The van der Waals surface area contributed by atoms with Gasteiger partial charge in [0.2, 0.25) is 6.17 Å². The van der Waals surface area contributed by atoms with Crippen molar-refractivity contribution in [3.63, 3.8) is 0 Å². The van der Waals surface area contributed by atoms with Crippen LogP contribution in [0, 0.1) is 0 Å². The van der Waals surface area contributed by atoms with Gasteiger partial charge in [-0.2, -0.15) is 10.2 Å². The average Bonchev–Trinajstić information content (AvgIpc) is 2.62. The SMILES string of the molecule is CN1C(=O)C(N=Nc2ccc(C(=O)O)cc2)N(C)C1=S. The van der Waals surface area contributed by atoms with Crippen molar-refractivity contribution >= 4 is 34.9 Å². The highest BCUT2D eigenvalue weighted by atomic mass is 32.1. The second-order valence-corrected chi connectivity index (χ2v) is 4.60. The largest absolute Gasteiger partial charge is 0.478 e. The molecule has 0 aromatic heterocycles. The molecule has 1 amide bonds. The zero-order valence-electron chi connectivity index (χ0n) is 10.8. The Morgan fingerprint density at radius 3 is 2.35 bits per heavy atom. The van der Waals surface area contributed by atoms with Crippen molar-refractivity contribution in [3.8, 4) is 0 Å². The van der Waals surface area contributed by atoms with Gasteiger partial charge in [-0.15, -0.1) is 0 Å². The Balaban J connectivity index is 2.15. The zero-order chi connectivity index (χ0) is 14.9. The van der Waals surface area contributed by atoms with Crippen LogP contribution in [-0.4, -0.2) is 52.2 Å². The third-order valence-corrected chi connectivity index (χ3v) is 3.47. The van der Waals surface area contributed by atoms with E-state index in [2.05, 4.69) is 10.2 Å². The van der Waals surface area contributed by atoms with E-state index in [4.69, 9.17) is 17.3 Å². The van der Waals surface area contributed by atoms with Gasteiger partial charge in [-0.1, -0.05) is 0 Å². The molecule has 1 fully saturated rings. The van der Waals surface area contributed by atoms with E-state index in [1.807, 2.05) is 0 Å². The van der Waals surface area contributed by atoms with Gasteiger partial charge in [0.15, 0.2) is 5.11 Å². The highest BCUT2D eigenvalue weighted by Crippen LogP contribution is 2.19. The van der Waals surface area contributed by atoms with Crippen LogP contribution in [0.1, 0.15) is 10.4 Å². The van der Waals surface area contributed by atoms with Gasteiger partial charge in [0, 0.05) is 14.1 Å². The molecule has 0 spiro atoms. The summed E-state index contributed by atoms with van der Waals surface area (Å²) in [7, 11) is 3.25. The molecule has 1 heterocycles. The van der Waals surface area contributed by atoms with Gasteiger partial charge in [0.1, 0.15) is 0 Å². The summed E-state index contributed by atoms with van der Waals surface area (Å²) in [4.78, 5) is 25.5. The topological polar surface area (TPSA) is 85.6 Å². The van der Waals surface area contributed by atoms with Crippen molar-refractivity contribution in [3.05, 3.63) is 29.8 Å². The molecular formula is C12H12N4O3S. The van der Waals surface area contributed by atoms with Crippen molar-refractivity contribution in [2.75, 3.05) is 14.1 Å². The molecule has 20 heavy (non-hydrogen) atoms. The third-order valence-electron chi connectivity index (χ3n) is 2.90. The van der Waals surface area contributed by atoms with Gasteiger partial charge in [-0.25, -0.2) is 4.79 Å². The molecule has 1 aliphatic heterocycles. The summed E-state index contributed by atoms with van der Waals surface area (Å²) in [6, 6.07) is 5.89. The molecule has 0 radical (unpaired) electrons. The lowest BCUT2D eigenvalue weighted by Gasteiger charge is -2.12. The first-order valence-electron chi connectivity index (χ1n) is 5.70. The smallest absolute Gasteiger partial charge is 0.335 e. The maximum absolute atomic E-state index is 11.9. The van der Waals surface area contributed by atoms with Crippen molar-refractivity contribution in [2.45, 2.75) is 6.17 Å². The maximum Gasteiger partial charge on any atom is 0.335 e. The Labute approximate surface area is 120 Å². The minimum atomic E-state index is -1.01. The third kappa shape index (κ3) is 2.50. The van der Waals surface area contributed by atoms with Crippen LogP contribution < -0.4 is 0 Å². The first kappa shape index (κ1) is 14.1. The van der Waals surface area contributed by atoms with Gasteiger partial charge in [0.25, 0.3) is 5.91 Å². The summed E-state index contributed by atoms with van der Waals surface area (Å²) in [6.45, 7) is 0. The fourth-order valence-corrected chi connectivity index (χ4v) is 1.88. The van der Waals surface area contributed by atoms with Crippen LogP contribution in [0.25, 0.3) is 0 Å². The number of carboxylic acids is 1. The summed E-state index contributed by atoms with van der Waals surface area (Å²) in [5.74, 6) is -1.26. The molecule has 1 unspecified atom stereocenters. The normalized spacial score (nSPS) is 19.2. The van der Waals surface area contributed by atoms with E-state index >= 15 is 0 Å². The first-order chi connectivity index (χ1) is 9.41. The molecule has 2 rings (SSSR count). The Morgan fingerprint density at radius 2 is 1.90 bits per heavy atom. The standard InChI is InChI=1S/C12H12N4O3S/c1-15-9(10(17)16(2)12(15)20)14-13-8-5-3-7(4-6-8)11(18)19/h3-6,9H,1-2H3,(H,18,19). The number of hydrogen-bond donors (Lipinski definition) is 1. The number of azo groups is 1. The summed E-state index contributed by atoms with van der Waals surface area (Å²) >= 11 is 5.06. The zero-order valence-corrected chi connectivity index (χ0v) is 11.7. The van der Waals surface area contributed by atoms with Crippen molar-refractivity contribution in [1.82, 2.24) is 9.80 Å². The lowest BCUT2D eigenvalue weighted by atomic mass is 10.2. The number of carbonyl (C=O) groups is 2. The van der Waals surface area contributed by atoms with E-state index < -0.39 is 12.1 Å². The fraction of sp³-hybridized carbons (Fsp3) is 0.250. The monoisotopic (exact) mass is 292 g/mol. The highest BCUT2D eigenvalue weighted by Gasteiger charge is 2.38. The van der Waals surface area contributed by atoms with Crippen LogP contribution in [0.5, 0.6) is 0 Å². The Morgan fingerprint density at radius 1 is 1.30 bits per heavy atom. The van der Waals surface area contributed by atoms with Crippen molar-refractivity contribution < 1.29 is 14.7 Å². The summed E-state index contributed by atoms with van der Waals surface area (Å²) in [5, 5.41) is 17.1. The number of benzene rings is 1. The molecule has 1 aromatic rings. The van der Waals surface area contributed by atoms with Crippen LogP contribution in [0.3, 0.4) is 0 Å². The molecule has 7 nitrogen and oxygen atoms in total. The molecule has 104 valence electrons. The predicted octanol–water partition coefficient (Wildman–Crippen LogP) is 1.48. The van der Waals surface area contributed by atoms with E-state index in [9.17, 15) is 9.59 Å². The second kappa shape index (κ2) is 5.33. The average molecular weight is 292 g/mol. The van der Waals surface area contributed by atoms with Crippen LogP contribution in [-0.2, 0) is 4.79 Å². The summed E-state index contributed by atoms with van der Waals surface area (Å²) < 4.78 is 0. The number of thiocarbonyl (C=S) groups is 1. The minimum absolute atomic E-state index is 0.166. The molecular weight excluding hydrogens is 280 g/mol. The molecule has 1 aliphatic rings. The number of likely N-dealkylation sites (N-methyl/N-ethyl adjacent to an activating group) is 2. The number of nitrogens with zero attached hydrogens (tertiary/aromatic N) is 4. The van der Waals surface area contributed by atoms with Gasteiger partial charge >= 0.3 is 5.97 Å². The Hall–Kier alpha value is -2.35. The van der Waals surface area contributed by atoms with E-state index in [0.29, 0.717) is 10.8 Å². The summed E-state index contributed by atoms with van der Waals surface area (Å²) in [5.41, 5.74) is 0.635. The van der Waals surface area contributed by atoms with E-state index in [-0.39, 0.29) is 11.5 Å². The Bertz CT molecular complexity index is 599. The fourth-order valence-electron chi connectivity index (χ4n) is 1.69. The number of carboxylic acid groups (broad SMARTS) is 1. The van der Waals surface area contributed by atoms with E-state index in [0.717, 1.165) is 0 Å². The van der Waals surface area contributed by atoms with Crippen LogP contribution in [0.4, 0.5) is 5.69 Å². The number of carbonyl (C=O) groups excluding carboxylic acids is 1. The van der Waals surface area contributed by atoms with Gasteiger partial charge < -0.3 is 10.0 Å². The predicted molar refractivity (Wildman–Crippen MR) is 74.8 cm³/mol. The lowest BCUT2D eigenvalue weighted by Crippen LogP contribution is -2.28. The second-order valence-electron chi connectivity index (χ2n) is 4.23. The molecule has 1 saturated heterocycles. The number of amides is 1. The van der Waals surface area contributed by atoms with Crippen LogP contribution in [0.15, 0.2) is 34.5 Å².